The second-order valence-electron chi connectivity index (χ2n) is 5.88. The molecule has 0 atom stereocenters. The van der Waals surface area contributed by atoms with E-state index >= 15 is 0 Å². The Kier molecular flexibility index (Phi) is 3.28. The molecule has 2 heterocycles. The van der Waals surface area contributed by atoms with Crippen molar-refractivity contribution in [2.75, 3.05) is 0 Å². The molecule has 4 heteroatoms. The average Bonchev–Trinajstić information content (AvgIpc) is 3.38. The van der Waals surface area contributed by atoms with Crippen molar-refractivity contribution < 1.29 is 0 Å². The predicted octanol–water partition coefficient (Wildman–Crippen LogP) is 3.26. The van der Waals surface area contributed by atoms with Gasteiger partial charge in [-0.15, -0.1) is 11.3 Å². The lowest BCUT2D eigenvalue weighted by molar-refractivity contribution is 0.688. The summed E-state index contributed by atoms with van der Waals surface area (Å²) >= 11 is 1.89. The van der Waals surface area contributed by atoms with E-state index in [4.69, 9.17) is 4.98 Å². The third-order valence-corrected chi connectivity index (χ3v) is 5.01. The van der Waals surface area contributed by atoms with Crippen molar-refractivity contribution in [3.8, 4) is 0 Å². The van der Waals surface area contributed by atoms with Crippen molar-refractivity contribution in [2.24, 2.45) is 0 Å². The van der Waals surface area contributed by atoms with E-state index in [0.717, 1.165) is 24.9 Å². The Bertz CT molecular complexity index is 585. The first-order valence-corrected chi connectivity index (χ1v) is 8.31. The van der Waals surface area contributed by atoms with E-state index in [1.165, 1.54) is 46.8 Å². The van der Waals surface area contributed by atoms with Gasteiger partial charge in [-0.05, 0) is 37.3 Å². The smallest absolute Gasteiger partial charge is 0.0976 e. The lowest BCUT2D eigenvalue weighted by Crippen LogP contribution is -2.15. The number of aromatic nitrogens is 2. The Morgan fingerprint density at radius 1 is 1.25 bits per heavy atom. The molecule has 3 nitrogen and oxygen atoms in total. The van der Waals surface area contributed by atoms with Crippen molar-refractivity contribution in [3.63, 3.8) is 0 Å². The molecule has 2 aromatic heterocycles. The van der Waals surface area contributed by atoms with Gasteiger partial charge in [0.15, 0.2) is 0 Å². The van der Waals surface area contributed by atoms with Gasteiger partial charge in [0.1, 0.15) is 0 Å². The molecule has 0 aromatic carbocycles. The van der Waals surface area contributed by atoms with Gasteiger partial charge in [0.05, 0.1) is 10.7 Å². The van der Waals surface area contributed by atoms with Gasteiger partial charge in [-0.3, -0.25) is 4.98 Å². The van der Waals surface area contributed by atoms with Crippen LogP contribution in [-0.2, 0) is 13.0 Å². The Hall–Kier alpha value is -1.26. The van der Waals surface area contributed by atoms with Gasteiger partial charge in [0, 0.05) is 42.2 Å². The summed E-state index contributed by atoms with van der Waals surface area (Å²) in [4.78, 5) is 10.6. The minimum atomic E-state index is 0.741. The molecule has 2 fully saturated rings. The van der Waals surface area contributed by atoms with E-state index in [9.17, 15) is 0 Å². The highest BCUT2D eigenvalue weighted by Crippen LogP contribution is 2.43. The third kappa shape index (κ3) is 2.91. The number of nitrogens with one attached hydrogen (secondary N) is 1. The highest BCUT2D eigenvalue weighted by atomic mass is 32.1. The Morgan fingerprint density at radius 2 is 2.15 bits per heavy atom. The Labute approximate surface area is 123 Å². The fourth-order valence-electron chi connectivity index (χ4n) is 2.49. The first-order chi connectivity index (χ1) is 9.88. The maximum absolute atomic E-state index is 4.92. The molecular weight excluding hydrogens is 266 g/mol. The van der Waals surface area contributed by atoms with Crippen LogP contribution in [0.1, 0.15) is 52.7 Å². The Balaban J connectivity index is 1.52. The molecule has 2 aliphatic carbocycles. The molecule has 0 aliphatic heterocycles. The van der Waals surface area contributed by atoms with Crippen LogP contribution in [-0.4, -0.2) is 16.0 Å². The Morgan fingerprint density at radius 3 is 2.85 bits per heavy atom. The zero-order valence-electron chi connectivity index (χ0n) is 11.5. The fraction of sp³-hybridized carbons (Fsp3) is 0.500. The molecule has 1 N–H and O–H groups in total. The molecule has 0 unspecified atom stereocenters. The third-order valence-electron chi connectivity index (χ3n) is 3.94. The maximum Gasteiger partial charge on any atom is 0.0976 e. The van der Waals surface area contributed by atoms with E-state index in [0.29, 0.717) is 0 Å². The monoisotopic (exact) mass is 285 g/mol. The molecule has 20 heavy (non-hydrogen) atoms. The number of rotatable bonds is 6. The van der Waals surface area contributed by atoms with Crippen LogP contribution >= 0.6 is 11.3 Å². The summed E-state index contributed by atoms with van der Waals surface area (Å²) in [6.07, 6.45) is 10.0. The number of hydrogen-bond donors (Lipinski definition) is 1. The van der Waals surface area contributed by atoms with Crippen LogP contribution < -0.4 is 5.32 Å². The summed E-state index contributed by atoms with van der Waals surface area (Å²) in [5.74, 6) is 0.741. The van der Waals surface area contributed by atoms with Crippen LogP contribution in [0, 0.1) is 0 Å². The maximum atomic E-state index is 4.92. The van der Waals surface area contributed by atoms with Crippen LogP contribution in [0.3, 0.4) is 0 Å². The molecule has 0 amide bonds. The quantitative estimate of drug-likeness (QED) is 0.885. The van der Waals surface area contributed by atoms with E-state index in [2.05, 4.69) is 16.4 Å². The van der Waals surface area contributed by atoms with Crippen LogP contribution in [0.15, 0.2) is 24.5 Å². The standard InChI is InChI=1S/C16H19N3S/c1-2-11(9-17-7-1)8-15-19-16(12-3-4-12)14(20-15)10-18-13-5-6-13/h1-2,7,9,12-13,18H,3-6,8,10H2. The minimum Gasteiger partial charge on any atom is -0.309 e. The average molecular weight is 285 g/mol. The zero-order valence-corrected chi connectivity index (χ0v) is 12.3. The molecule has 2 aromatic rings. The summed E-state index contributed by atoms with van der Waals surface area (Å²) in [5.41, 5.74) is 2.63. The second kappa shape index (κ2) is 5.26. The van der Waals surface area contributed by atoms with Gasteiger partial charge in [0.25, 0.3) is 0 Å². The number of hydrogen-bond acceptors (Lipinski definition) is 4. The second-order valence-corrected chi connectivity index (χ2v) is 7.05. The van der Waals surface area contributed by atoms with Crippen molar-refractivity contribution in [1.29, 1.82) is 0 Å². The summed E-state index contributed by atoms with van der Waals surface area (Å²) in [7, 11) is 0. The molecule has 104 valence electrons. The molecule has 0 spiro atoms. The van der Waals surface area contributed by atoms with Gasteiger partial charge in [-0.2, -0.15) is 0 Å². The van der Waals surface area contributed by atoms with E-state index in [-0.39, 0.29) is 0 Å². The lowest BCUT2D eigenvalue weighted by Gasteiger charge is -2.01. The first kappa shape index (κ1) is 12.5. The van der Waals surface area contributed by atoms with Crippen LogP contribution in [0.2, 0.25) is 0 Å². The summed E-state index contributed by atoms with van der Waals surface area (Å²) in [5, 5.41) is 4.87. The van der Waals surface area contributed by atoms with Crippen LogP contribution in [0.4, 0.5) is 0 Å². The topological polar surface area (TPSA) is 37.8 Å². The highest BCUT2D eigenvalue weighted by Gasteiger charge is 2.30. The van der Waals surface area contributed by atoms with Gasteiger partial charge < -0.3 is 5.32 Å². The number of pyridine rings is 1. The largest absolute Gasteiger partial charge is 0.309 e. The van der Waals surface area contributed by atoms with Crippen LogP contribution in [0.25, 0.3) is 0 Å². The van der Waals surface area contributed by atoms with Crippen molar-refractivity contribution in [2.45, 2.75) is 50.6 Å². The SMILES string of the molecule is c1cncc(Cc2nc(C3CC3)c(CNC3CC3)s2)c1. The number of nitrogens with zero attached hydrogens (tertiary/aromatic N) is 2. The van der Waals surface area contributed by atoms with Crippen molar-refractivity contribution in [3.05, 3.63) is 45.7 Å². The first-order valence-electron chi connectivity index (χ1n) is 7.49. The van der Waals surface area contributed by atoms with Crippen molar-refractivity contribution in [1.82, 2.24) is 15.3 Å². The molecular formula is C16H19N3S. The molecule has 2 aliphatic rings. The van der Waals surface area contributed by atoms with Gasteiger partial charge in [-0.1, -0.05) is 6.07 Å². The number of thiazole rings is 1. The summed E-state index contributed by atoms with van der Waals surface area (Å²) < 4.78 is 0. The summed E-state index contributed by atoms with van der Waals surface area (Å²) in [6, 6.07) is 4.90. The molecule has 0 bridgehead atoms. The van der Waals surface area contributed by atoms with E-state index in [1.807, 2.05) is 29.8 Å². The van der Waals surface area contributed by atoms with E-state index < -0.39 is 0 Å². The fourth-order valence-corrected chi connectivity index (χ4v) is 3.63. The van der Waals surface area contributed by atoms with Gasteiger partial charge in [-0.25, -0.2) is 4.98 Å². The molecule has 4 rings (SSSR count). The molecule has 2 saturated carbocycles. The molecule has 0 saturated heterocycles. The minimum absolute atomic E-state index is 0.741. The zero-order chi connectivity index (χ0) is 13.4. The van der Waals surface area contributed by atoms with Gasteiger partial charge >= 0.3 is 0 Å². The summed E-state index contributed by atoms with van der Waals surface area (Å²) in [6.45, 7) is 1.02. The predicted molar refractivity (Wildman–Crippen MR) is 81.0 cm³/mol. The highest BCUT2D eigenvalue weighted by molar-refractivity contribution is 7.11. The normalized spacial score (nSPS) is 18.4. The van der Waals surface area contributed by atoms with Crippen molar-refractivity contribution >= 4 is 11.3 Å². The van der Waals surface area contributed by atoms with Gasteiger partial charge in [0.2, 0.25) is 0 Å². The molecule has 0 radical (unpaired) electrons. The van der Waals surface area contributed by atoms with Crippen LogP contribution in [0.5, 0.6) is 0 Å². The van der Waals surface area contributed by atoms with E-state index in [1.54, 1.807) is 0 Å². The lowest BCUT2D eigenvalue weighted by atomic mass is 10.2.